The predicted octanol–water partition coefficient (Wildman–Crippen LogP) is 4.28. The molecular weight excluding hydrogens is 278 g/mol. The highest BCUT2D eigenvalue weighted by atomic mass is 79.9. The maximum atomic E-state index is 11.3. The lowest BCUT2D eigenvalue weighted by molar-refractivity contribution is 0.101. The smallest absolute Gasteiger partial charge is 0.159 e. The van der Waals surface area contributed by atoms with Gasteiger partial charge in [-0.25, -0.2) is 0 Å². The quantitative estimate of drug-likeness (QED) is 0.731. The Morgan fingerprint density at radius 1 is 1.24 bits per heavy atom. The van der Waals surface area contributed by atoms with Crippen LogP contribution >= 0.6 is 15.9 Å². The van der Waals surface area contributed by atoms with Gasteiger partial charge in [0.1, 0.15) is 0 Å². The van der Waals surface area contributed by atoms with Gasteiger partial charge in [0, 0.05) is 23.1 Å². The second kappa shape index (κ2) is 6.80. The Hall–Kier alpha value is -0.830. The van der Waals surface area contributed by atoms with E-state index in [1.165, 1.54) is 5.69 Å². The molecule has 1 aromatic rings. The molecule has 1 aromatic carbocycles. The molecule has 0 aliphatic rings. The van der Waals surface area contributed by atoms with Crippen LogP contribution < -0.4 is 4.90 Å². The largest absolute Gasteiger partial charge is 0.371 e. The van der Waals surface area contributed by atoms with Crippen LogP contribution in [0.5, 0.6) is 0 Å². The summed E-state index contributed by atoms with van der Waals surface area (Å²) >= 11 is 3.56. The minimum atomic E-state index is 0.106. The summed E-state index contributed by atoms with van der Waals surface area (Å²) < 4.78 is 1.01. The summed E-state index contributed by atoms with van der Waals surface area (Å²) in [6.45, 7) is 8.05. The van der Waals surface area contributed by atoms with Gasteiger partial charge in [-0.05, 0) is 53.9 Å². The fourth-order valence-electron chi connectivity index (χ4n) is 1.87. The van der Waals surface area contributed by atoms with Crippen molar-refractivity contribution < 1.29 is 4.79 Å². The molecule has 0 spiro atoms. The van der Waals surface area contributed by atoms with Crippen LogP contribution in [0.15, 0.2) is 22.7 Å². The summed E-state index contributed by atoms with van der Waals surface area (Å²) in [6, 6.07) is 5.85. The molecule has 0 saturated heterocycles. The van der Waals surface area contributed by atoms with Gasteiger partial charge in [0.2, 0.25) is 0 Å². The Morgan fingerprint density at radius 2 is 1.82 bits per heavy atom. The highest BCUT2D eigenvalue weighted by molar-refractivity contribution is 9.10. The van der Waals surface area contributed by atoms with Gasteiger partial charge in [-0.3, -0.25) is 4.79 Å². The van der Waals surface area contributed by atoms with Crippen LogP contribution in [0.2, 0.25) is 0 Å². The van der Waals surface area contributed by atoms with E-state index in [1.807, 2.05) is 18.2 Å². The number of rotatable bonds is 6. The van der Waals surface area contributed by atoms with Crippen LogP contribution in [0.1, 0.15) is 44.0 Å². The van der Waals surface area contributed by atoms with Crippen molar-refractivity contribution in [1.29, 1.82) is 0 Å². The molecule has 0 saturated carbocycles. The summed E-state index contributed by atoms with van der Waals surface area (Å²) in [5.74, 6) is 0.106. The van der Waals surface area contributed by atoms with E-state index in [-0.39, 0.29) is 5.78 Å². The molecule has 0 bridgehead atoms. The lowest BCUT2D eigenvalue weighted by atomic mass is 10.1. The standard InChI is InChI=1S/C14H20BrNO/c1-4-8-16(9-5-2)14-7-6-12(11(3)17)10-13(14)15/h6-7,10H,4-5,8-9H2,1-3H3. The normalized spacial score (nSPS) is 10.4. The minimum Gasteiger partial charge on any atom is -0.371 e. The van der Waals surface area contributed by atoms with Crippen molar-refractivity contribution in [1.82, 2.24) is 0 Å². The molecule has 0 N–H and O–H groups in total. The van der Waals surface area contributed by atoms with Gasteiger partial charge < -0.3 is 4.90 Å². The number of nitrogens with zero attached hydrogens (tertiary/aromatic N) is 1. The molecule has 0 heterocycles. The minimum absolute atomic E-state index is 0.106. The molecular formula is C14H20BrNO. The van der Waals surface area contributed by atoms with E-state index in [2.05, 4.69) is 34.7 Å². The lowest BCUT2D eigenvalue weighted by Gasteiger charge is -2.25. The Balaban J connectivity index is 2.99. The molecule has 1 rings (SSSR count). The second-order valence-electron chi connectivity index (χ2n) is 4.21. The van der Waals surface area contributed by atoms with Crippen LogP contribution in [0.4, 0.5) is 5.69 Å². The summed E-state index contributed by atoms with van der Waals surface area (Å²) in [7, 11) is 0. The van der Waals surface area contributed by atoms with Crippen molar-refractivity contribution in [2.75, 3.05) is 18.0 Å². The molecule has 0 unspecified atom stereocenters. The number of benzene rings is 1. The molecule has 0 radical (unpaired) electrons. The zero-order valence-corrected chi connectivity index (χ0v) is 12.4. The van der Waals surface area contributed by atoms with Gasteiger partial charge in [-0.2, -0.15) is 0 Å². The number of carbonyl (C=O) groups excluding carboxylic acids is 1. The average Bonchev–Trinajstić information content (AvgIpc) is 2.28. The van der Waals surface area contributed by atoms with Crippen molar-refractivity contribution in [3.63, 3.8) is 0 Å². The van der Waals surface area contributed by atoms with E-state index in [4.69, 9.17) is 0 Å². The highest BCUT2D eigenvalue weighted by Gasteiger charge is 2.10. The molecule has 0 amide bonds. The summed E-state index contributed by atoms with van der Waals surface area (Å²) in [6.07, 6.45) is 2.25. The van der Waals surface area contributed by atoms with Crippen molar-refractivity contribution in [2.45, 2.75) is 33.6 Å². The van der Waals surface area contributed by atoms with Gasteiger partial charge >= 0.3 is 0 Å². The first-order chi connectivity index (χ1) is 8.10. The number of Topliss-reactive ketones (excluding diaryl/α,β-unsaturated/α-hetero) is 1. The number of hydrogen-bond acceptors (Lipinski definition) is 2. The average molecular weight is 298 g/mol. The lowest BCUT2D eigenvalue weighted by Crippen LogP contribution is -2.25. The number of carbonyl (C=O) groups is 1. The van der Waals surface area contributed by atoms with Crippen molar-refractivity contribution in [3.05, 3.63) is 28.2 Å². The molecule has 0 fully saturated rings. The third-order valence-corrected chi connectivity index (χ3v) is 3.32. The monoisotopic (exact) mass is 297 g/mol. The topological polar surface area (TPSA) is 20.3 Å². The van der Waals surface area contributed by atoms with Gasteiger partial charge in [-0.15, -0.1) is 0 Å². The zero-order chi connectivity index (χ0) is 12.8. The summed E-state index contributed by atoms with van der Waals surface area (Å²) in [5.41, 5.74) is 1.94. The first kappa shape index (κ1) is 14.2. The zero-order valence-electron chi connectivity index (χ0n) is 10.8. The van der Waals surface area contributed by atoms with E-state index in [1.54, 1.807) is 6.92 Å². The van der Waals surface area contributed by atoms with E-state index in [0.717, 1.165) is 36.0 Å². The molecule has 0 aliphatic heterocycles. The SMILES string of the molecule is CCCN(CCC)c1ccc(C(C)=O)cc1Br. The van der Waals surface area contributed by atoms with E-state index >= 15 is 0 Å². The molecule has 17 heavy (non-hydrogen) atoms. The first-order valence-corrected chi connectivity index (χ1v) is 6.94. The van der Waals surface area contributed by atoms with Gasteiger partial charge in [0.25, 0.3) is 0 Å². The molecule has 0 atom stereocenters. The highest BCUT2D eigenvalue weighted by Crippen LogP contribution is 2.28. The molecule has 0 aromatic heterocycles. The fourth-order valence-corrected chi connectivity index (χ4v) is 2.50. The molecule has 94 valence electrons. The van der Waals surface area contributed by atoms with Crippen molar-refractivity contribution >= 4 is 27.4 Å². The van der Waals surface area contributed by atoms with Gasteiger partial charge in [0.05, 0.1) is 5.69 Å². The molecule has 3 heteroatoms. The van der Waals surface area contributed by atoms with Gasteiger partial charge in [0.15, 0.2) is 5.78 Å². The second-order valence-corrected chi connectivity index (χ2v) is 5.06. The van der Waals surface area contributed by atoms with E-state index < -0.39 is 0 Å². The summed E-state index contributed by atoms with van der Waals surface area (Å²) in [4.78, 5) is 13.7. The van der Waals surface area contributed by atoms with Crippen LogP contribution in [0, 0.1) is 0 Å². The molecule has 0 aliphatic carbocycles. The maximum Gasteiger partial charge on any atom is 0.159 e. The van der Waals surface area contributed by atoms with Crippen LogP contribution in [0.3, 0.4) is 0 Å². The van der Waals surface area contributed by atoms with Crippen LogP contribution in [0.25, 0.3) is 0 Å². The molecule has 2 nitrogen and oxygen atoms in total. The van der Waals surface area contributed by atoms with E-state index in [9.17, 15) is 4.79 Å². The third-order valence-electron chi connectivity index (χ3n) is 2.68. The number of hydrogen-bond donors (Lipinski definition) is 0. The fraction of sp³-hybridized carbons (Fsp3) is 0.500. The van der Waals surface area contributed by atoms with Gasteiger partial charge in [-0.1, -0.05) is 13.8 Å². The Labute approximate surface area is 112 Å². The van der Waals surface area contributed by atoms with Crippen molar-refractivity contribution in [3.8, 4) is 0 Å². The predicted molar refractivity (Wildman–Crippen MR) is 76.9 cm³/mol. The Bertz CT molecular complexity index is 384. The van der Waals surface area contributed by atoms with Crippen LogP contribution in [-0.4, -0.2) is 18.9 Å². The number of anilines is 1. The number of halogens is 1. The van der Waals surface area contributed by atoms with Crippen molar-refractivity contribution in [2.24, 2.45) is 0 Å². The van der Waals surface area contributed by atoms with Crippen LogP contribution in [-0.2, 0) is 0 Å². The summed E-state index contributed by atoms with van der Waals surface area (Å²) in [5, 5.41) is 0. The van der Waals surface area contributed by atoms with E-state index in [0.29, 0.717) is 0 Å². The first-order valence-electron chi connectivity index (χ1n) is 6.15. The Kier molecular flexibility index (Phi) is 5.69. The number of ketones is 1. The maximum absolute atomic E-state index is 11.3. The Morgan fingerprint density at radius 3 is 2.24 bits per heavy atom. The third kappa shape index (κ3) is 3.84.